The third kappa shape index (κ3) is 5.19. The number of benzene rings is 2. The van der Waals surface area contributed by atoms with Gasteiger partial charge < -0.3 is 4.90 Å². The molecule has 3 rings (SSSR count). The summed E-state index contributed by atoms with van der Waals surface area (Å²) >= 11 is 0. The molecule has 0 aromatic heterocycles. The van der Waals surface area contributed by atoms with Gasteiger partial charge in [-0.05, 0) is 36.8 Å². The van der Waals surface area contributed by atoms with Crippen molar-refractivity contribution in [2.45, 2.75) is 32.2 Å². The quantitative estimate of drug-likeness (QED) is 0.733. The van der Waals surface area contributed by atoms with Crippen molar-refractivity contribution in [3.8, 4) is 0 Å². The third-order valence-corrected chi connectivity index (χ3v) is 6.32. The van der Waals surface area contributed by atoms with Crippen molar-refractivity contribution in [3.63, 3.8) is 0 Å². The van der Waals surface area contributed by atoms with Crippen molar-refractivity contribution >= 4 is 15.7 Å². The summed E-state index contributed by atoms with van der Waals surface area (Å²) < 4.78 is 23.6. The van der Waals surface area contributed by atoms with Crippen LogP contribution in [0.3, 0.4) is 0 Å². The van der Waals surface area contributed by atoms with Crippen LogP contribution in [-0.4, -0.2) is 37.8 Å². The van der Waals surface area contributed by atoms with Crippen molar-refractivity contribution in [1.29, 1.82) is 0 Å². The number of nitrogens with zero attached hydrogens (tertiary/aromatic N) is 1. The second kappa shape index (κ2) is 8.26. The first-order valence-corrected chi connectivity index (χ1v) is 11.5. The molecule has 0 spiro atoms. The molecule has 0 bridgehead atoms. The predicted molar refractivity (Wildman–Crippen MR) is 108 cm³/mol. The number of sulfone groups is 1. The number of carbonyl (C=O) groups excluding carboxylic acids is 1. The third-order valence-electron chi connectivity index (χ3n) is 5.38. The second-order valence-electron chi connectivity index (χ2n) is 7.64. The molecule has 2 aromatic rings. The van der Waals surface area contributed by atoms with Crippen LogP contribution in [0, 0.1) is 5.41 Å². The predicted octanol–water partition coefficient (Wildman–Crippen LogP) is 3.47. The number of carbonyl (C=O) groups is 1. The highest BCUT2D eigenvalue weighted by molar-refractivity contribution is 7.90. The Kier molecular flexibility index (Phi) is 6.00. The number of hydrogen-bond acceptors (Lipinski definition) is 3. The molecule has 1 aliphatic rings. The standard InChI is InChI=1S/C22H27NO3S/c1-27(25,26)16-14-22(17-19-9-4-2-5-10-19)13-8-15-23(21(22)24)18-20-11-6-3-7-12-20/h2-7,9-12H,8,13-18H2,1H3. The molecule has 1 amide bonds. The van der Waals surface area contributed by atoms with E-state index in [1.165, 1.54) is 6.26 Å². The molecule has 2 aromatic carbocycles. The summed E-state index contributed by atoms with van der Waals surface area (Å²) in [6.45, 7) is 1.30. The SMILES string of the molecule is CS(=O)(=O)CCC1(Cc2ccccc2)CCCN(Cc2ccccc2)C1=O. The van der Waals surface area contributed by atoms with Gasteiger partial charge in [-0.3, -0.25) is 4.79 Å². The van der Waals surface area contributed by atoms with Gasteiger partial charge in [-0.2, -0.15) is 0 Å². The van der Waals surface area contributed by atoms with Gasteiger partial charge in [0.05, 0.1) is 11.2 Å². The maximum atomic E-state index is 13.5. The number of piperidine rings is 1. The summed E-state index contributed by atoms with van der Waals surface area (Å²) in [5.74, 6) is 0.134. The highest BCUT2D eigenvalue weighted by Crippen LogP contribution is 2.39. The summed E-state index contributed by atoms with van der Waals surface area (Å²) in [6, 6.07) is 19.9. The molecule has 1 fully saturated rings. The molecule has 1 atom stereocenters. The van der Waals surface area contributed by atoms with Crippen LogP contribution in [0.2, 0.25) is 0 Å². The van der Waals surface area contributed by atoms with Crippen LogP contribution < -0.4 is 0 Å². The van der Waals surface area contributed by atoms with E-state index in [9.17, 15) is 13.2 Å². The van der Waals surface area contributed by atoms with E-state index in [2.05, 4.69) is 0 Å². The first-order chi connectivity index (χ1) is 12.9. The molecule has 0 N–H and O–H groups in total. The van der Waals surface area contributed by atoms with E-state index in [1.54, 1.807) is 0 Å². The van der Waals surface area contributed by atoms with Crippen molar-refractivity contribution in [1.82, 2.24) is 4.90 Å². The molecule has 0 saturated carbocycles. The fourth-order valence-corrected chi connectivity index (χ4v) is 4.72. The molecule has 144 valence electrons. The van der Waals surface area contributed by atoms with E-state index in [0.717, 1.165) is 30.5 Å². The Morgan fingerprint density at radius 3 is 2.15 bits per heavy atom. The first kappa shape index (κ1) is 19.6. The monoisotopic (exact) mass is 385 g/mol. The van der Waals surface area contributed by atoms with E-state index in [-0.39, 0.29) is 11.7 Å². The zero-order valence-corrected chi connectivity index (χ0v) is 16.6. The molecule has 27 heavy (non-hydrogen) atoms. The van der Waals surface area contributed by atoms with Gasteiger partial charge >= 0.3 is 0 Å². The number of hydrogen-bond donors (Lipinski definition) is 0. The summed E-state index contributed by atoms with van der Waals surface area (Å²) in [7, 11) is -3.12. The van der Waals surface area contributed by atoms with Gasteiger partial charge in [-0.15, -0.1) is 0 Å². The Balaban J connectivity index is 1.86. The summed E-state index contributed by atoms with van der Waals surface area (Å²) in [4.78, 5) is 15.4. The van der Waals surface area contributed by atoms with Crippen LogP contribution in [0.5, 0.6) is 0 Å². The lowest BCUT2D eigenvalue weighted by atomic mass is 9.72. The average molecular weight is 386 g/mol. The van der Waals surface area contributed by atoms with Gasteiger partial charge in [-0.25, -0.2) is 8.42 Å². The Bertz CT molecular complexity index is 865. The lowest BCUT2D eigenvalue weighted by molar-refractivity contribution is -0.147. The molecule has 1 saturated heterocycles. The Hall–Kier alpha value is -2.14. The fourth-order valence-electron chi connectivity index (χ4n) is 3.96. The second-order valence-corrected chi connectivity index (χ2v) is 9.90. The minimum Gasteiger partial charge on any atom is -0.338 e. The molecule has 1 unspecified atom stereocenters. The summed E-state index contributed by atoms with van der Waals surface area (Å²) in [5, 5.41) is 0. The van der Waals surface area contributed by atoms with E-state index in [1.807, 2.05) is 65.6 Å². The van der Waals surface area contributed by atoms with Gasteiger partial charge in [0.1, 0.15) is 9.84 Å². The Morgan fingerprint density at radius 2 is 1.56 bits per heavy atom. The van der Waals surface area contributed by atoms with Crippen LogP contribution in [0.15, 0.2) is 60.7 Å². The minimum atomic E-state index is -3.12. The average Bonchev–Trinajstić information content (AvgIpc) is 2.65. The van der Waals surface area contributed by atoms with Gasteiger partial charge in [0.2, 0.25) is 5.91 Å². The summed E-state index contributed by atoms with van der Waals surface area (Å²) in [6.07, 6.45) is 3.85. The Labute approximate surface area is 162 Å². The van der Waals surface area contributed by atoms with Crippen LogP contribution in [0.4, 0.5) is 0 Å². The van der Waals surface area contributed by atoms with Gasteiger partial charge in [-0.1, -0.05) is 60.7 Å². The number of rotatable bonds is 7. The molecule has 5 heteroatoms. The van der Waals surface area contributed by atoms with E-state index in [4.69, 9.17) is 0 Å². The highest BCUT2D eigenvalue weighted by atomic mass is 32.2. The van der Waals surface area contributed by atoms with E-state index < -0.39 is 15.3 Å². The number of amides is 1. The van der Waals surface area contributed by atoms with Crippen molar-refractivity contribution in [2.75, 3.05) is 18.6 Å². The van der Waals surface area contributed by atoms with Crippen molar-refractivity contribution in [3.05, 3.63) is 71.8 Å². The maximum absolute atomic E-state index is 13.5. The lowest BCUT2D eigenvalue weighted by Crippen LogP contribution is -2.50. The van der Waals surface area contributed by atoms with Crippen LogP contribution in [-0.2, 0) is 27.6 Å². The maximum Gasteiger partial charge on any atom is 0.229 e. The Morgan fingerprint density at radius 1 is 0.963 bits per heavy atom. The van der Waals surface area contributed by atoms with Crippen molar-refractivity contribution < 1.29 is 13.2 Å². The van der Waals surface area contributed by atoms with Gasteiger partial charge in [0.25, 0.3) is 0 Å². The minimum absolute atomic E-state index is 0.0464. The highest BCUT2D eigenvalue weighted by Gasteiger charge is 2.44. The normalized spacial score (nSPS) is 20.6. The number of likely N-dealkylation sites (tertiary alicyclic amines) is 1. The molecular weight excluding hydrogens is 358 g/mol. The molecule has 4 nitrogen and oxygen atoms in total. The smallest absolute Gasteiger partial charge is 0.229 e. The molecule has 0 aliphatic carbocycles. The lowest BCUT2D eigenvalue weighted by Gasteiger charge is -2.42. The van der Waals surface area contributed by atoms with Crippen LogP contribution >= 0.6 is 0 Å². The van der Waals surface area contributed by atoms with E-state index in [0.29, 0.717) is 19.4 Å². The van der Waals surface area contributed by atoms with Crippen LogP contribution in [0.1, 0.15) is 30.4 Å². The topological polar surface area (TPSA) is 54.5 Å². The molecule has 0 radical (unpaired) electrons. The van der Waals surface area contributed by atoms with E-state index >= 15 is 0 Å². The first-order valence-electron chi connectivity index (χ1n) is 9.43. The zero-order chi connectivity index (χ0) is 19.3. The van der Waals surface area contributed by atoms with Crippen molar-refractivity contribution in [2.24, 2.45) is 5.41 Å². The van der Waals surface area contributed by atoms with Gasteiger partial charge in [0.15, 0.2) is 0 Å². The zero-order valence-electron chi connectivity index (χ0n) is 15.8. The molecule has 1 heterocycles. The molecule has 1 aliphatic heterocycles. The molecular formula is C22H27NO3S. The van der Waals surface area contributed by atoms with Crippen LogP contribution in [0.25, 0.3) is 0 Å². The fraction of sp³-hybridized carbons (Fsp3) is 0.409. The summed E-state index contributed by atoms with van der Waals surface area (Å²) in [5.41, 5.74) is 1.54. The van der Waals surface area contributed by atoms with Gasteiger partial charge in [0, 0.05) is 19.3 Å². The largest absolute Gasteiger partial charge is 0.338 e.